The molecule has 5 nitrogen and oxygen atoms in total. The predicted octanol–water partition coefficient (Wildman–Crippen LogP) is 0.462. The molecule has 0 atom stereocenters. The summed E-state index contributed by atoms with van der Waals surface area (Å²) in [7, 11) is 0. The van der Waals surface area contributed by atoms with Gasteiger partial charge in [-0.15, -0.1) is 0 Å². The fourth-order valence-corrected chi connectivity index (χ4v) is 0.927. The van der Waals surface area contributed by atoms with Crippen molar-refractivity contribution in [3.63, 3.8) is 0 Å². The summed E-state index contributed by atoms with van der Waals surface area (Å²) in [4.78, 5) is 30.6. The molecule has 0 amide bonds. The zero-order chi connectivity index (χ0) is 10.6. The largest absolute Gasteiger partial charge is 0.468 e. The van der Waals surface area contributed by atoms with Crippen molar-refractivity contribution in [2.45, 2.75) is 25.7 Å². The summed E-state index contributed by atoms with van der Waals surface area (Å²) in [6, 6.07) is 0. The quantitative estimate of drug-likeness (QED) is 0.380. The second kappa shape index (κ2) is 9.70. The monoisotopic (exact) mass is 202 g/mol. The van der Waals surface area contributed by atoms with Crippen molar-refractivity contribution in [1.82, 2.24) is 0 Å². The van der Waals surface area contributed by atoms with Crippen LogP contribution in [0, 0.1) is 0 Å². The summed E-state index contributed by atoms with van der Waals surface area (Å²) < 4.78 is 8.85. The van der Waals surface area contributed by atoms with E-state index in [4.69, 9.17) is 0 Å². The van der Waals surface area contributed by atoms with Crippen LogP contribution in [-0.2, 0) is 23.9 Å². The van der Waals surface area contributed by atoms with E-state index in [1.165, 1.54) is 0 Å². The molecule has 0 radical (unpaired) electrons. The first-order valence-electron chi connectivity index (χ1n) is 4.43. The van der Waals surface area contributed by atoms with Crippen LogP contribution in [0.1, 0.15) is 25.7 Å². The summed E-state index contributed by atoms with van der Waals surface area (Å²) in [6.45, 7) is 1.28. The van der Waals surface area contributed by atoms with Crippen LogP contribution in [0.3, 0.4) is 0 Å². The maximum Gasteiger partial charge on any atom is 0.293 e. The SMILES string of the molecule is O=COCCCC(=O)CCCOC=O. The van der Waals surface area contributed by atoms with Crippen molar-refractivity contribution in [2.24, 2.45) is 0 Å². The van der Waals surface area contributed by atoms with Gasteiger partial charge in [0.05, 0.1) is 13.2 Å². The molecule has 0 spiro atoms. The van der Waals surface area contributed by atoms with Crippen LogP contribution in [0.5, 0.6) is 0 Å². The molecule has 0 saturated carbocycles. The first-order valence-corrected chi connectivity index (χ1v) is 4.43. The van der Waals surface area contributed by atoms with E-state index >= 15 is 0 Å². The van der Waals surface area contributed by atoms with E-state index in [0.29, 0.717) is 38.6 Å². The maximum absolute atomic E-state index is 11.1. The van der Waals surface area contributed by atoms with Crippen LogP contribution in [0.4, 0.5) is 0 Å². The molecule has 0 fully saturated rings. The van der Waals surface area contributed by atoms with Crippen LogP contribution >= 0.6 is 0 Å². The van der Waals surface area contributed by atoms with Crippen molar-refractivity contribution in [3.8, 4) is 0 Å². The van der Waals surface area contributed by atoms with Gasteiger partial charge in [0.25, 0.3) is 12.9 Å². The molecule has 5 heteroatoms. The number of ether oxygens (including phenoxy) is 2. The normalized spacial score (nSPS) is 9.14. The lowest BCUT2D eigenvalue weighted by Gasteiger charge is -2.00. The second-order valence-corrected chi connectivity index (χ2v) is 2.68. The standard InChI is InChI=1S/C9H14O5/c10-7-13-5-1-3-9(12)4-2-6-14-8-11/h7-8H,1-6H2. The number of hydrogen-bond donors (Lipinski definition) is 0. The van der Waals surface area contributed by atoms with Gasteiger partial charge in [-0.3, -0.25) is 14.4 Å². The van der Waals surface area contributed by atoms with Crippen LogP contribution in [0.25, 0.3) is 0 Å². The average molecular weight is 202 g/mol. The molecule has 14 heavy (non-hydrogen) atoms. The molecule has 0 N–H and O–H groups in total. The minimum Gasteiger partial charge on any atom is -0.468 e. The van der Waals surface area contributed by atoms with Gasteiger partial charge in [0.2, 0.25) is 0 Å². The van der Waals surface area contributed by atoms with Gasteiger partial charge in [-0.2, -0.15) is 0 Å². The summed E-state index contributed by atoms with van der Waals surface area (Å²) in [5.41, 5.74) is 0. The highest BCUT2D eigenvalue weighted by Gasteiger charge is 2.01. The Hall–Kier alpha value is -1.39. The molecule has 0 aromatic carbocycles. The van der Waals surface area contributed by atoms with Crippen molar-refractivity contribution in [1.29, 1.82) is 0 Å². The third kappa shape index (κ3) is 8.70. The molecule has 0 aliphatic carbocycles. The van der Waals surface area contributed by atoms with Crippen molar-refractivity contribution >= 4 is 18.7 Å². The van der Waals surface area contributed by atoms with Gasteiger partial charge < -0.3 is 9.47 Å². The molecular formula is C9H14O5. The summed E-state index contributed by atoms with van der Waals surface area (Å²) in [5, 5.41) is 0. The predicted molar refractivity (Wildman–Crippen MR) is 47.5 cm³/mol. The van der Waals surface area contributed by atoms with E-state index in [2.05, 4.69) is 9.47 Å². The number of hydrogen-bond acceptors (Lipinski definition) is 5. The summed E-state index contributed by atoms with van der Waals surface area (Å²) in [5.74, 6) is 0.0917. The molecule has 0 aromatic rings. The molecule has 0 unspecified atom stereocenters. The molecular weight excluding hydrogens is 188 g/mol. The van der Waals surface area contributed by atoms with Crippen molar-refractivity contribution in [3.05, 3.63) is 0 Å². The van der Waals surface area contributed by atoms with Crippen LogP contribution < -0.4 is 0 Å². The molecule has 0 aliphatic heterocycles. The Kier molecular flexibility index (Phi) is 8.73. The van der Waals surface area contributed by atoms with Gasteiger partial charge in [0.15, 0.2) is 0 Å². The lowest BCUT2D eigenvalue weighted by atomic mass is 10.1. The molecule has 0 bridgehead atoms. The maximum atomic E-state index is 11.1. The van der Waals surface area contributed by atoms with E-state index in [9.17, 15) is 14.4 Å². The average Bonchev–Trinajstić information content (AvgIpc) is 2.19. The molecule has 0 aromatic heterocycles. The number of carbonyl (C=O) groups is 3. The molecule has 0 heterocycles. The molecule has 0 rings (SSSR count). The Morgan fingerprint density at radius 1 is 0.929 bits per heavy atom. The van der Waals surface area contributed by atoms with Crippen LogP contribution in [0.15, 0.2) is 0 Å². The summed E-state index contributed by atoms with van der Waals surface area (Å²) in [6.07, 6.45) is 1.89. The summed E-state index contributed by atoms with van der Waals surface area (Å²) >= 11 is 0. The van der Waals surface area contributed by atoms with Crippen molar-refractivity contribution < 1.29 is 23.9 Å². The van der Waals surface area contributed by atoms with Gasteiger partial charge in [-0.25, -0.2) is 0 Å². The zero-order valence-corrected chi connectivity index (χ0v) is 7.94. The third-order valence-electron chi connectivity index (χ3n) is 1.57. The van der Waals surface area contributed by atoms with Crippen LogP contribution in [0.2, 0.25) is 0 Å². The highest BCUT2D eigenvalue weighted by Crippen LogP contribution is 1.98. The third-order valence-corrected chi connectivity index (χ3v) is 1.57. The first kappa shape index (κ1) is 12.6. The van der Waals surface area contributed by atoms with Crippen LogP contribution in [-0.4, -0.2) is 31.9 Å². The Morgan fingerprint density at radius 2 is 1.36 bits per heavy atom. The number of ketones is 1. The first-order chi connectivity index (χ1) is 6.81. The highest BCUT2D eigenvalue weighted by molar-refractivity contribution is 5.78. The fraction of sp³-hybridized carbons (Fsp3) is 0.667. The van der Waals surface area contributed by atoms with E-state index in [-0.39, 0.29) is 19.0 Å². The van der Waals surface area contributed by atoms with Gasteiger partial charge >= 0.3 is 0 Å². The molecule has 0 aliphatic rings. The minimum atomic E-state index is 0.0917. The van der Waals surface area contributed by atoms with Gasteiger partial charge in [0, 0.05) is 12.8 Å². The van der Waals surface area contributed by atoms with Gasteiger partial charge in [-0.05, 0) is 12.8 Å². The number of Topliss-reactive ketones (excluding diaryl/α,β-unsaturated/α-hetero) is 1. The zero-order valence-electron chi connectivity index (χ0n) is 7.94. The lowest BCUT2D eigenvalue weighted by molar-refractivity contribution is -0.129. The highest BCUT2D eigenvalue weighted by atomic mass is 16.5. The Morgan fingerprint density at radius 3 is 1.71 bits per heavy atom. The number of rotatable bonds is 10. The topological polar surface area (TPSA) is 69.7 Å². The van der Waals surface area contributed by atoms with Gasteiger partial charge in [0.1, 0.15) is 5.78 Å². The minimum absolute atomic E-state index is 0.0917. The lowest BCUT2D eigenvalue weighted by Crippen LogP contribution is -2.03. The van der Waals surface area contributed by atoms with E-state index < -0.39 is 0 Å². The van der Waals surface area contributed by atoms with Gasteiger partial charge in [-0.1, -0.05) is 0 Å². The van der Waals surface area contributed by atoms with E-state index in [0.717, 1.165) is 0 Å². The Labute approximate surface area is 82.4 Å². The van der Waals surface area contributed by atoms with Crippen molar-refractivity contribution in [2.75, 3.05) is 13.2 Å². The Balaban J connectivity index is 3.19. The fourth-order valence-electron chi connectivity index (χ4n) is 0.927. The molecule has 0 saturated heterocycles. The Bertz CT molecular complexity index is 160. The second-order valence-electron chi connectivity index (χ2n) is 2.68. The van der Waals surface area contributed by atoms with E-state index in [1.807, 2.05) is 0 Å². The van der Waals surface area contributed by atoms with E-state index in [1.54, 1.807) is 0 Å². The number of carbonyl (C=O) groups excluding carboxylic acids is 3. The molecule has 80 valence electrons. The smallest absolute Gasteiger partial charge is 0.293 e.